The van der Waals surface area contributed by atoms with Crippen molar-refractivity contribution in [3.8, 4) is 22.3 Å². The zero-order chi connectivity index (χ0) is 36.7. The summed E-state index contributed by atoms with van der Waals surface area (Å²) in [7, 11) is 0. The van der Waals surface area contributed by atoms with E-state index in [0.717, 1.165) is 82.8 Å². The molecule has 2 aromatic heterocycles. The number of aliphatic imine (C=N–C) groups is 3. The molecular weight excluding hydrogens is 675 g/mol. The fourth-order valence-corrected chi connectivity index (χ4v) is 7.57. The predicted octanol–water partition coefficient (Wildman–Crippen LogP) is 13.1. The van der Waals surface area contributed by atoms with Gasteiger partial charge in [0.25, 0.3) is 0 Å². The molecule has 5 heteroatoms. The zero-order valence-corrected chi connectivity index (χ0v) is 29.8. The van der Waals surface area contributed by atoms with Gasteiger partial charge in [-0.1, -0.05) is 146 Å². The Morgan fingerprint density at radius 1 is 0.491 bits per heavy atom. The van der Waals surface area contributed by atoms with Gasteiger partial charge < -0.3 is 8.83 Å². The van der Waals surface area contributed by atoms with E-state index in [-0.39, 0.29) is 0 Å². The van der Waals surface area contributed by atoms with Crippen molar-refractivity contribution in [3.05, 3.63) is 193 Å². The van der Waals surface area contributed by atoms with Gasteiger partial charge in [0.1, 0.15) is 22.3 Å². The number of fused-ring (bicyclic) bond motifs is 7. The normalized spacial score (nSPS) is 12.4. The van der Waals surface area contributed by atoms with Crippen LogP contribution in [0.15, 0.2) is 200 Å². The van der Waals surface area contributed by atoms with E-state index in [9.17, 15) is 0 Å². The lowest BCUT2D eigenvalue weighted by Crippen LogP contribution is -2.06. The minimum absolute atomic E-state index is 0.451. The monoisotopic (exact) mass is 707 g/mol. The lowest BCUT2D eigenvalue weighted by molar-refractivity contribution is 0.668. The molecule has 0 bridgehead atoms. The Morgan fingerprint density at radius 3 is 2.07 bits per heavy atom. The Kier molecular flexibility index (Phi) is 7.96. The van der Waals surface area contributed by atoms with Gasteiger partial charge in [0, 0.05) is 38.2 Å². The number of furan rings is 2. The third-order valence-corrected chi connectivity index (χ3v) is 10.3. The Labute approximate surface area is 317 Å². The summed E-state index contributed by atoms with van der Waals surface area (Å²) < 4.78 is 12.9. The summed E-state index contributed by atoms with van der Waals surface area (Å²) in [4.78, 5) is 14.8. The molecule has 0 saturated carbocycles. The molecule has 0 unspecified atom stereocenters. The average molecular weight is 708 g/mol. The SMILES string of the molecule is C=NC(=NC(=NCc1ccc2ccccc2c1)c1ccc(-c2ccccc2)cc1)c1cccc2oc3c(-c4ccc5c(c4)oc4ccccc45)cccc3c12. The number of hydrogen-bond acceptors (Lipinski definition) is 3. The van der Waals surface area contributed by atoms with Crippen molar-refractivity contribution in [3.63, 3.8) is 0 Å². The maximum Gasteiger partial charge on any atom is 0.161 e. The maximum absolute atomic E-state index is 6.65. The molecule has 0 spiro atoms. The Bertz CT molecular complexity index is 3130. The van der Waals surface area contributed by atoms with Gasteiger partial charge in [0.15, 0.2) is 11.7 Å². The first-order valence-electron chi connectivity index (χ1n) is 18.3. The molecule has 0 aliphatic carbocycles. The first-order chi connectivity index (χ1) is 27.2. The second-order valence-electron chi connectivity index (χ2n) is 13.6. The van der Waals surface area contributed by atoms with E-state index < -0.39 is 0 Å². The largest absolute Gasteiger partial charge is 0.456 e. The number of hydrogen-bond donors (Lipinski definition) is 0. The molecule has 0 aliphatic rings. The Hall–Kier alpha value is -7.37. The molecular formula is C50H33N3O2. The van der Waals surface area contributed by atoms with Crippen molar-refractivity contribution in [2.24, 2.45) is 15.0 Å². The van der Waals surface area contributed by atoms with Crippen LogP contribution >= 0.6 is 0 Å². The summed E-state index contributed by atoms with van der Waals surface area (Å²) in [5.41, 5.74) is 10.3. The van der Waals surface area contributed by atoms with Gasteiger partial charge in [-0.05, 0) is 70.1 Å². The molecule has 2 heterocycles. The third kappa shape index (κ3) is 5.88. The summed E-state index contributed by atoms with van der Waals surface area (Å²) in [6, 6.07) is 60.3. The summed E-state index contributed by atoms with van der Waals surface area (Å²) in [6.45, 7) is 4.45. The molecule has 5 nitrogen and oxygen atoms in total. The number of para-hydroxylation sites is 2. The summed E-state index contributed by atoms with van der Waals surface area (Å²) in [6.07, 6.45) is 0. The van der Waals surface area contributed by atoms with E-state index in [4.69, 9.17) is 18.8 Å². The molecule has 10 aromatic rings. The zero-order valence-electron chi connectivity index (χ0n) is 29.8. The van der Waals surface area contributed by atoms with Crippen molar-refractivity contribution in [2.75, 3.05) is 0 Å². The predicted molar refractivity (Wildman–Crippen MR) is 229 cm³/mol. The van der Waals surface area contributed by atoms with Gasteiger partial charge in [-0.15, -0.1) is 0 Å². The average Bonchev–Trinajstić information content (AvgIpc) is 3.82. The second-order valence-corrected chi connectivity index (χ2v) is 13.6. The molecule has 0 aliphatic heterocycles. The molecule has 0 atom stereocenters. The highest BCUT2D eigenvalue weighted by Crippen LogP contribution is 2.39. The molecule has 0 N–H and O–H groups in total. The van der Waals surface area contributed by atoms with Gasteiger partial charge in [0.05, 0.1) is 6.54 Å². The van der Waals surface area contributed by atoms with Crippen LogP contribution < -0.4 is 0 Å². The topological polar surface area (TPSA) is 63.4 Å². The van der Waals surface area contributed by atoms with E-state index in [1.54, 1.807) is 0 Å². The third-order valence-electron chi connectivity index (χ3n) is 10.3. The second kappa shape index (κ2) is 13.6. The quantitative estimate of drug-likeness (QED) is 0.128. The molecule has 10 rings (SSSR count). The van der Waals surface area contributed by atoms with E-state index >= 15 is 0 Å². The molecule has 260 valence electrons. The lowest BCUT2D eigenvalue weighted by atomic mass is 9.99. The van der Waals surface area contributed by atoms with Gasteiger partial charge in [0.2, 0.25) is 0 Å². The van der Waals surface area contributed by atoms with Gasteiger partial charge in [-0.25, -0.2) is 9.98 Å². The minimum Gasteiger partial charge on any atom is -0.456 e. The van der Waals surface area contributed by atoms with E-state index in [1.807, 2.05) is 42.5 Å². The van der Waals surface area contributed by atoms with Crippen molar-refractivity contribution < 1.29 is 8.83 Å². The van der Waals surface area contributed by atoms with E-state index in [0.29, 0.717) is 18.2 Å². The maximum atomic E-state index is 6.65. The van der Waals surface area contributed by atoms with Crippen LogP contribution in [0.5, 0.6) is 0 Å². The van der Waals surface area contributed by atoms with Crippen LogP contribution in [-0.2, 0) is 6.54 Å². The first-order valence-corrected chi connectivity index (χ1v) is 18.3. The molecule has 0 radical (unpaired) electrons. The highest BCUT2D eigenvalue weighted by atomic mass is 16.3. The number of amidine groups is 2. The first kappa shape index (κ1) is 32.3. The highest BCUT2D eigenvalue weighted by Gasteiger charge is 2.19. The molecule has 0 fully saturated rings. The van der Waals surface area contributed by atoms with E-state index in [1.165, 1.54) is 10.8 Å². The lowest BCUT2D eigenvalue weighted by Gasteiger charge is -2.09. The fraction of sp³-hybridized carbons (Fsp3) is 0.0200. The van der Waals surface area contributed by atoms with Crippen molar-refractivity contribution >= 4 is 73.0 Å². The van der Waals surface area contributed by atoms with Crippen LogP contribution in [0.2, 0.25) is 0 Å². The fourth-order valence-electron chi connectivity index (χ4n) is 7.57. The number of nitrogens with zero attached hydrogens (tertiary/aromatic N) is 3. The molecule has 55 heavy (non-hydrogen) atoms. The van der Waals surface area contributed by atoms with Crippen LogP contribution in [0, 0.1) is 0 Å². The molecule has 8 aromatic carbocycles. The summed E-state index contributed by atoms with van der Waals surface area (Å²) in [5, 5.41) is 6.45. The molecule has 0 saturated heterocycles. The van der Waals surface area contributed by atoms with E-state index in [2.05, 4.69) is 145 Å². The summed E-state index contributed by atoms with van der Waals surface area (Å²) in [5.74, 6) is 1.03. The Balaban J connectivity index is 1.09. The minimum atomic E-state index is 0.451. The van der Waals surface area contributed by atoms with Gasteiger partial charge in [-0.2, -0.15) is 0 Å². The summed E-state index contributed by atoms with van der Waals surface area (Å²) >= 11 is 0. The van der Waals surface area contributed by atoms with Crippen molar-refractivity contribution in [2.45, 2.75) is 6.54 Å². The van der Waals surface area contributed by atoms with Crippen LogP contribution in [0.4, 0.5) is 0 Å². The molecule has 0 amide bonds. The van der Waals surface area contributed by atoms with Crippen molar-refractivity contribution in [1.82, 2.24) is 0 Å². The van der Waals surface area contributed by atoms with Crippen molar-refractivity contribution in [1.29, 1.82) is 0 Å². The van der Waals surface area contributed by atoms with Gasteiger partial charge in [-0.3, -0.25) is 4.99 Å². The van der Waals surface area contributed by atoms with Gasteiger partial charge >= 0.3 is 0 Å². The van der Waals surface area contributed by atoms with Crippen LogP contribution in [0.3, 0.4) is 0 Å². The van der Waals surface area contributed by atoms with Crippen LogP contribution in [0.1, 0.15) is 16.7 Å². The van der Waals surface area contributed by atoms with Crippen LogP contribution in [0.25, 0.3) is 76.9 Å². The van der Waals surface area contributed by atoms with Crippen LogP contribution in [-0.4, -0.2) is 18.4 Å². The number of benzene rings is 8. The smallest absolute Gasteiger partial charge is 0.161 e. The standard InChI is InChI=1S/C50H33N3O2/c1-51-50(53-49(36-25-23-35(24-26-36)33-11-3-2-4-12-33)52-31-32-21-22-34-13-5-6-14-37(34)29-32)43-18-10-20-45-47(43)42-17-9-16-39(48(42)55-45)38-27-28-41-40-15-7-8-19-44(40)54-46(41)30-38/h2-30H,1,31H2. The number of rotatable bonds is 6. The Morgan fingerprint density at radius 2 is 1.20 bits per heavy atom. The highest BCUT2D eigenvalue weighted by molar-refractivity contribution is 6.23.